The van der Waals surface area contributed by atoms with Crippen molar-refractivity contribution in [1.82, 2.24) is 0 Å². The maximum atomic E-state index is 10.7. The summed E-state index contributed by atoms with van der Waals surface area (Å²) >= 11 is 0. The predicted octanol–water partition coefficient (Wildman–Crippen LogP) is 0.928. The smallest absolute Gasteiger partial charge is 0.335 e. The number of carboxylic acid groups (broad SMARTS) is 1. The van der Waals surface area contributed by atoms with Crippen LogP contribution >= 0.6 is 0 Å². The lowest BCUT2D eigenvalue weighted by Gasteiger charge is -2.05. The maximum Gasteiger partial charge on any atom is 0.335 e. The Morgan fingerprint density at radius 2 is 2.00 bits per heavy atom. The fourth-order valence-electron chi connectivity index (χ4n) is 1.13. The summed E-state index contributed by atoms with van der Waals surface area (Å²) in [6.07, 6.45) is 0. The average molecular weight is 177 g/mol. The molecule has 0 fully saturated rings. The number of rotatable bonds is 2. The molecule has 0 saturated heterocycles. The van der Waals surface area contributed by atoms with E-state index in [0.29, 0.717) is 12.4 Å². The Kier molecular flexibility index (Phi) is 2.61. The Morgan fingerprint density at radius 1 is 1.38 bits per heavy atom. The van der Waals surface area contributed by atoms with Crippen LogP contribution in [0.25, 0.3) is 0 Å². The zero-order valence-electron chi connectivity index (χ0n) is 7.74. The lowest BCUT2D eigenvalue weighted by molar-refractivity contribution is 0.0697. The van der Waals surface area contributed by atoms with E-state index in [0.717, 1.165) is 5.46 Å². The summed E-state index contributed by atoms with van der Waals surface area (Å²) in [5.74, 6) is -0.936. The Bertz CT molecular complexity index is 336. The third-order valence-electron chi connectivity index (χ3n) is 1.89. The molecule has 1 rings (SSSR count). The number of benzene rings is 1. The van der Waals surface area contributed by atoms with Gasteiger partial charge in [-0.2, -0.15) is 0 Å². The van der Waals surface area contributed by atoms with Gasteiger partial charge >= 0.3 is 5.97 Å². The van der Waals surface area contributed by atoms with E-state index in [9.17, 15) is 4.79 Å². The van der Waals surface area contributed by atoms with E-state index in [1.165, 1.54) is 6.07 Å². The van der Waals surface area contributed by atoms with E-state index >= 15 is 0 Å². The van der Waals surface area contributed by atoms with Crippen molar-refractivity contribution < 1.29 is 9.90 Å². The molecule has 0 heterocycles. The van der Waals surface area contributed by atoms with Gasteiger partial charge in [0.1, 0.15) is 0 Å². The van der Waals surface area contributed by atoms with E-state index in [2.05, 4.69) is 0 Å². The first-order valence-corrected chi connectivity index (χ1v) is 4.14. The van der Waals surface area contributed by atoms with Crippen molar-refractivity contribution in [3.8, 4) is 0 Å². The maximum absolute atomic E-state index is 10.7. The van der Waals surface area contributed by atoms with Gasteiger partial charge in [0.2, 0.25) is 0 Å². The summed E-state index contributed by atoms with van der Waals surface area (Å²) in [4.78, 5) is 10.7. The van der Waals surface area contributed by atoms with Gasteiger partial charge < -0.3 is 10.8 Å². The molecule has 0 saturated carbocycles. The number of hydrogen-bond donors (Lipinski definition) is 2. The zero-order chi connectivity index (χ0) is 10.0. The molecule has 1 aromatic carbocycles. The predicted molar refractivity (Wildman–Crippen MR) is 54.9 cm³/mol. The topological polar surface area (TPSA) is 63.3 Å². The van der Waals surface area contributed by atoms with Gasteiger partial charge in [0, 0.05) is 5.69 Å². The van der Waals surface area contributed by atoms with Gasteiger partial charge in [0.25, 0.3) is 0 Å². The van der Waals surface area contributed by atoms with Crippen LogP contribution in [0.2, 0.25) is 13.6 Å². The van der Waals surface area contributed by atoms with Gasteiger partial charge in [-0.25, -0.2) is 4.79 Å². The second-order valence-electron chi connectivity index (χ2n) is 3.35. The SMILES string of the molecule is CB(C)c1cc(N)cc(C(=O)O)c1. The molecule has 0 aliphatic carbocycles. The van der Waals surface area contributed by atoms with E-state index in [-0.39, 0.29) is 5.56 Å². The van der Waals surface area contributed by atoms with E-state index in [1.54, 1.807) is 12.1 Å². The Morgan fingerprint density at radius 3 is 2.46 bits per heavy atom. The Balaban J connectivity index is 3.19. The largest absolute Gasteiger partial charge is 0.478 e. The molecule has 13 heavy (non-hydrogen) atoms. The lowest BCUT2D eigenvalue weighted by atomic mass is 9.49. The number of anilines is 1. The van der Waals surface area contributed by atoms with Gasteiger partial charge in [-0.1, -0.05) is 25.2 Å². The zero-order valence-corrected chi connectivity index (χ0v) is 7.74. The van der Waals surface area contributed by atoms with Crippen LogP contribution < -0.4 is 11.2 Å². The van der Waals surface area contributed by atoms with Crippen LogP contribution in [-0.4, -0.2) is 17.8 Å². The molecule has 0 aliphatic heterocycles. The second kappa shape index (κ2) is 3.52. The highest BCUT2D eigenvalue weighted by atomic mass is 16.4. The van der Waals surface area contributed by atoms with Crippen molar-refractivity contribution in [1.29, 1.82) is 0 Å². The Hall–Kier alpha value is -1.45. The molecule has 68 valence electrons. The summed E-state index contributed by atoms with van der Waals surface area (Å²) in [6.45, 7) is 4.29. The number of nitrogens with two attached hydrogens (primary N) is 1. The van der Waals surface area contributed by atoms with E-state index in [1.807, 2.05) is 13.6 Å². The third kappa shape index (κ3) is 2.24. The van der Waals surface area contributed by atoms with Crippen molar-refractivity contribution in [3.63, 3.8) is 0 Å². The molecular weight excluding hydrogens is 165 g/mol. The summed E-state index contributed by atoms with van der Waals surface area (Å²) in [7, 11) is 0. The van der Waals surface area contributed by atoms with Gasteiger partial charge in [-0.3, -0.25) is 0 Å². The van der Waals surface area contributed by atoms with Gasteiger partial charge in [0.15, 0.2) is 6.71 Å². The van der Waals surface area contributed by atoms with Gasteiger partial charge in [-0.05, 0) is 12.1 Å². The molecular formula is C9H12BNO2. The highest BCUT2D eigenvalue weighted by Gasteiger charge is 2.09. The molecule has 3 nitrogen and oxygen atoms in total. The highest BCUT2D eigenvalue weighted by Crippen LogP contribution is 2.05. The number of nitrogen functional groups attached to an aromatic ring is 1. The first-order valence-electron chi connectivity index (χ1n) is 4.14. The molecule has 0 radical (unpaired) electrons. The molecule has 0 bridgehead atoms. The van der Waals surface area contributed by atoms with Crippen molar-refractivity contribution >= 4 is 23.8 Å². The average Bonchev–Trinajstić information content (AvgIpc) is 2.03. The summed E-state index contributed by atoms with van der Waals surface area (Å²) < 4.78 is 0. The molecule has 0 aliphatic rings. The van der Waals surface area contributed by atoms with Crippen LogP contribution in [0.3, 0.4) is 0 Å². The van der Waals surface area contributed by atoms with Crippen molar-refractivity contribution in [2.45, 2.75) is 13.6 Å². The van der Waals surface area contributed by atoms with Crippen LogP contribution in [0.5, 0.6) is 0 Å². The first kappa shape index (κ1) is 9.64. The van der Waals surface area contributed by atoms with Crippen LogP contribution in [0.4, 0.5) is 5.69 Å². The lowest BCUT2D eigenvalue weighted by Crippen LogP contribution is -2.24. The fraction of sp³-hybridized carbons (Fsp3) is 0.222. The van der Waals surface area contributed by atoms with Crippen molar-refractivity contribution in [2.24, 2.45) is 0 Å². The minimum Gasteiger partial charge on any atom is -0.478 e. The first-order chi connectivity index (χ1) is 6.00. The summed E-state index contributed by atoms with van der Waals surface area (Å²) in [5.41, 5.74) is 7.28. The number of carboxylic acids is 1. The molecule has 4 heteroatoms. The van der Waals surface area contributed by atoms with Crippen LogP contribution in [0.15, 0.2) is 18.2 Å². The van der Waals surface area contributed by atoms with Crippen LogP contribution in [0, 0.1) is 0 Å². The number of hydrogen-bond acceptors (Lipinski definition) is 2. The normalized spacial score (nSPS) is 9.69. The minimum atomic E-state index is -0.936. The quantitative estimate of drug-likeness (QED) is 0.521. The molecule has 1 aromatic rings. The fourth-order valence-corrected chi connectivity index (χ4v) is 1.13. The van der Waals surface area contributed by atoms with Crippen molar-refractivity contribution in [2.75, 3.05) is 5.73 Å². The standard InChI is InChI=1S/C9H12BNO2/c1-10(2)7-3-6(9(12)13)4-8(11)5-7/h3-5H,11H2,1-2H3,(H,12,13). The molecule has 0 atom stereocenters. The monoisotopic (exact) mass is 177 g/mol. The van der Waals surface area contributed by atoms with E-state index < -0.39 is 5.97 Å². The Labute approximate surface area is 77.6 Å². The molecule has 0 aromatic heterocycles. The molecule has 0 unspecified atom stereocenters. The highest BCUT2D eigenvalue weighted by molar-refractivity contribution is 6.70. The van der Waals surface area contributed by atoms with Gasteiger partial charge in [0.05, 0.1) is 5.56 Å². The number of aromatic carboxylic acids is 1. The van der Waals surface area contributed by atoms with Crippen LogP contribution in [0.1, 0.15) is 10.4 Å². The summed E-state index contributed by atoms with van der Waals surface area (Å²) in [6, 6.07) is 4.93. The minimum absolute atomic E-state index is 0.253. The number of carbonyl (C=O) groups is 1. The second-order valence-corrected chi connectivity index (χ2v) is 3.35. The van der Waals surface area contributed by atoms with Crippen LogP contribution in [-0.2, 0) is 0 Å². The molecule has 0 amide bonds. The molecule has 0 spiro atoms. The van der Waals surface area contributed by atoms with Gasteiger partial charge in [-0.15, -0.1) is 0 Å². The van der Waals surface area contributed by atoms with E-state index in [4.69, 9.17) is 10.8 Å². The van der Waals surface area contributed by atoms with Crippen molar-refractivity contribution in [3.05, 3.63) is 23.8 Å². The third-order valence-corrected chi connectivity index (χ3v) is 1.89. The molecule has 3 N–H and O–H groups in total. The summed E-state index contributed by atoms with van der Waals surface area (Å²) in [5, 5.41) is 8.76.